The first-order valence-corrected chi connectivity index (χ1v) is 5.25. The number of aromatic nitrogens is 2. The second-order valence-corrected chi connectivity index (χ2v) is 4.19. The van der Waals surface area contributed by atoms with Gasteiger partial charge in [-0.2, -0.15) is 0 Å². The van der Waals surface area contributed by atoms with Gasteiger partial charge in [0.1, 0.15) is 6.04 Å². The van der Waals surface area contributed by atoms with Crippen molar-refractivity contribution in [2.75, 3.05) is 6.54 Å². The standard InChI is InChI=1S/C9H12N4O3/c1-5-10-11-8(16-5)7-3-2-6-4-12(7)9(14)13(6)15/h6-7,15H,2-4H2,1H3/t6-,7+/m0/s1. The van der Waals surface area contributed by atoms with Crippen molar-refractivity contribution < 1.29 is 14.4 Å². The summed E-state index contributed by atoms with van der Waals surface area (Å²) < 4.78 is 5.34. The average molecular weight is 224 g/mol. The summed E-state index contributed by atoms with van der Waals surface area (Å²) in [6, 6.07) is -0.654. The van der Waals surface area contributed by atoms with Crippen molar-refractivity contribution >= 4 is 6.03 Å². The highest BCUT2D eigenvalue weighted by atomic mass is 16.5. The van der Waals surface area contributed by atoms with Crippen LogP contribution in [0, 0.1) is 6.92 Å². The number of hydroxylamine groups is 2. The average Bonchev–Trinajstić information content (AvgIpc) is 2.80. The maximum Gasteiger partial charge on any atom is 0.344 e. The second kappa shape index (κ2) is 3.18. The fraction of sp³-hybridized carbons (Fsp3) is 0.667. The molecule has 2 bridgehead atoms. The summed E-state index contributed by atoms with van der Waals surface area (Å²) >= 11 is 0. The number of aryl methyl sites for hydroxylation is 1. The van der Waals surface area contributed by atoms with E-state index in [4.69, 9.17) is 4.42 Å². The second-order valence-electron chi connectivity index (χ2n) is 4.19. The number of amides is 2. The lowest BCUT2D eigenvalue weighted by molar-refractivity contribution is -0.0584. The third-order valence-electron chi connectivity index (χ3n) is 3.17. The number of hydrogen-bond acceptors (Lipinski definition) is 5. The zero-order chi connectivity index (χ0) is 11.3. The van der Waals surface area contributed by atoms with Crippen molar-refractivity contribution in [2.24, 2.45) is 0 Å². The largest absolute Gasteiger partial charge is 0.423 e. The summed E-state index contributed by atoms with van der Waals surface area (Å²) in [5.41, 5.74) is 0. The van der Waals surface area contributed by atoms with Gasteiger partial charge in [0.25, 0.3) is 0 Å². The zero-order valence-electron chi connectivity index (χ0n) is 8.83. The number of piperidine rings is 1. The molecule has 7 heteroatoms. The van der Waals surface area contributed by atoms with Gasteiger partial charge in [0.15, 0.2) is 0 Å². The Labute approximate surface area is 91.6 Å². The van der Waals surface area contributed by atoms with Gasteiger partial charge in [0.05, 0.1) is 6.04 Å². The first-order valence-electron chi connectivity index (χ1n) is 5.25. The summed E-state index contributed by atoms with van der Waals surface area (Å²) in [5, 5.41) is 18.0. The first-order chi connectivity index (χ1) is 7.66. The predicted octanol–water partition coefficient (Wildman–Crippen LogP) is 0.708. The molecule has 2 saturated heterocycles. The van der Waals surface area contributed by atoms with Crippen LogP contribution < -0.4 is 0 Å². The van der Waals surface area contributed by atoms with E-state index in [9.17, 15) is 10.0 Å². The van der Waals surface area contributed by atoms with Gasteiger partial charge in [-0.25, -0.2) is 9.86 Å². The molecule has 0 aromatic carbocycles. The van der Waals surface area contributed by atoms with Gasteiger partial charge < -0.3 is 9.32 Å². The highest BCUT2D eigenvalue weighted by Crippen LogP contribution is 2.36. The summed E-state index contributed by atoms with van der Waals surface area (Å²) in [7, 11) is 0. The molecule has 2 aliphatic rings. The minimum absolute atomic E-state index is 0.0900. The summed E-state index contributed by atoms with van der Waals surface area (Å²) in [6.45, 7) is 2.24. The maximum absolute atomic E-state index is 11.7. The van der Waals surface area contributed by atoms with Gasteiger partial charge in [0, 0.05) is 13.5 Å². The third kappa shape index (κ3) is 1.21. The first kappa shape index (κ1) is 9.59. The van der Waals surface area contributed by atoms with Crippen LogP contribution in [0.2, 0.25) is 0 Å². The molecule has 0 spiro atoms. The van der Waals surface area contributed by atoms with E-state index in [1.807, 2.05) is 0 Å². The van der Waals surface area contributed by atoms with Crippen LogP contribution in [0.5, 0.6) is 0 Å². The van der Waals surface area contributed by atoms with E-state index in [2.05, 4.69) is 10.2 Å². The Morgan fingerprint density at radius 2 is 2.25 bits per heavy atom. The van der Waals surface area contributed by atoms with Crippen LogP contribution >= 0.6 is 0 Å². The normalized spacial score (nSPS) is 29.0. The maximum atomic E-state index is 11.7. The molecule has 2 aliphatic heterocycles. The Balaban J connectivity index is 1.90. The molecule has 0 radical (unpaired) electrons. The van der Waals surface area contributed by atoms with Crippen molar-refractivity contribution in [1.29, 1.82) is 0 Å². The molecule has 86 valence electrons. The molecule has 0 aliphatic carbocycles. The van der Waals surface area contributed by atoms with Crippen molar-refractivity contribution in [1.82, 2.24) is 20.2 Å². The van der Waals surface area contributed by atoms with Gasteiger partial charge in [-0.15, -0.1) is 10.2 Å². The van der Waals surface area contributed by atoms with Crippen LogP contribution in [0.25, 0.3) is 0 Å². The summed E-state index contributed by atoms with van der Waals surface area (Å²) in [6.07, 6.45) is 1.50. The molecule has 2 amide bonds. The topological polar surface area (TPSA) is 82.7 Å². The van der Waals surface area contributed by atoms with Gasteiger partial charge in [-0.1, -0.05) is 0 Å². The summed E-state index contributed by atoms with van der Waals surface area (Å²) in [4.78, 5) is 13.3. The Morgan fingerprint density at radius 3 is 2.94 bits per heavy atom. The van der Waals surface area contributed by atoms with Gasteiger partial charge >= 0.3 is 6.03 Å². The monoisotopic (exact) mass is 224 g/mol. The van der Waals surface area contributed by atoms with Crippen molar-refractivity contribution in [2.45, 2.75) is 31.8 Å². The SMILES string of the molecule is Cc1nnc([C@H]2CC[C@H]3CN2C(=O)N3O)o1. The smallest absolute Gasteiger partial charge is 0.344 e. The van der Waals surface area contributed by atoms with Crippen molar-refractivity contribution in [3.63, 3.8) is 0 Å². The molecule has 3 rings (SSSR count). The van der Waals surface area contributed by atoms with Gasteiger partial charge in [-0.05, 0) is 12.8 Å². The third-order valence-corrected chi connectivity index (χ3v) is 3.17. The molecule has 2 atom stereocenters. The number of hydrogen-bond donors (Lipinski definition) is 1. The molecule has 0 unspecified atom stereocenters. The lowest BCUT2D eigenvalue weighted by Gasteiger charge is -2.27. The Morgan fingerprint density at radius 1 is 1.44 bits per heavy atom. The van der Waals surface area contributed by atoms with Crippen LogP contribution in [0.3, 0.4) is 0 Å². The van der Waals surface area contributed by atoms with E-state index >= 15 is 0 Å². The molecular weight excluding hydrogens is 212 g/mol. The number of carbonyl (C=O) groups excluding carboxylic acids is 1. The van der Waals surface area contributed by atoms with E-state index in [1.54, 1.807) is 11.8 Å². The highest BCUT2D eigenvalue weighted by Gasteiger charge is 2.46. The highest BCUT2D eigenvalue weighted by molar-refractivity contribution is 5.76. The lowest BCUT2D eigenvalue weighted by Crippen LogP contribution is -2.34. The van der Waals surface area contributed by atoms with Gasteiger partial charge in [-0.3, -0.25) is 5.21 Å². The Bertz CT molecular complexity index is 432. The molecule has 3 heterocycles. The van der Waals surface area contributed by atoms with Gasteiger partial charge in [0.2, 0.25) is 11.8 Å². The number of urea groups is 1. The van der Waals surface area contributed by atoms with Crippen LogP contribution in [0.4, 0.5) is 4.79 Å². The molecule has 2 fully saturated rings. The molecule has 16 heavy (non-hydrogen) atoms. The minimum atomic E-state index is -0.372. The summed E-state index contributed by atoms with van der Waals surface area (Å²) in [5.74, 6) is 0.948. The van der Waals surface area contributed by atoms with Crippen LogP contribution in [0.15, 0.2) is 4.42 Å². The minimum Gasteiger partial charge on any atom is -0.423 e. The van der Waals surface area contributed by atoms with E-state index in [1.165, 1.54) is 0 Å². The molecule has 1 aromatic heterocycles. The molecule has 1 N–H and O–H groups in total. The van der Waals surface area contributed by atoms with Crippen molar-refractivity contribution in [3.05, 3.63) is 11.8 Å². The molecule has 1 aromatic rings. The Hall–Kier alpha value is -1.63. The van der Waals surface area contributed by atoms with E-state index in [-0.39, 0.29) is 18.1 Å². The molecule has 7 nitrogen and oxygen atoms in total. The Kier molecular flexibility index (Phi) is 1.90. The van der Waals surface area contributed by atoms with E-state index in [0.717, 1.165) is 17.9 Å². The predicted molar refractivity (Wildman–Crippen MR) is 50.5 cm³/mol. The number of fused-ring (bicyclic) bond motifs is 2. The van der Waals surface area contributed by atoms with Crippen LogP contribution in [-0.4, -0.2) is 44.0 Å². The van der Waals surface area contributed by atoms with Crippen LogP contribution in [0.1, 0.15) is 30.7 Å². The number of carbonyl (C=O) groups is 1. The molecule has 0 saturated carbocycles. The lowest BCUT2D eigenvalue weighted by atomic mass is 10.0. The number of nitrogens with zero attached hydrogens (tertiary/aromatic N) is 4. The fourth-order valence-corrected chi connectivity index (χ4v) is 2.35. The molecular formula is C9H12N4O3. The van der Waals surface area contributed by atoms with Crippen LogP contribution in [-0.2, 0) is 0 Å². The fourth-order valence-electron chi connectivity index (χ4n) is 2.35. The quantitative estimate of drug-likeness (QED) is 0.710. The van der Waals surface area contributed by atoms with Crippen molar-refractivity contribution in [3.8, 4) is 0 Å². The number of rotatable bonds is 1. The van der Waals surface area contributed by atoms with E-state index < -0.39 is 0 Å². The zero-order valence-corrected chi connectivity index (χ0v) is 8.83. The van der Waals surface area contributed by atoms with E-state index in [0.29, 0.717) is 18.3 Å².